The Bertz CT molecular complexity index is 1060. The average molecular weight is 490 g/mol. The van der Waals surface area contributed by atoms with E-state index in [-0.39, 0.29) is 28.6 Å². The fraction of sp³-hybridized carbons (Fsp3) is 0.480. The van der Waals surface area contributed by atoms with Crippen LogP contribution in [0.2, 0.25) is 0 Å². The van der Waals surface area contributed by atoms with E-state index in [0.29, 0.717) is 45.7 Å². The number of hydrogen-bond donors (Lipinski definition) is 1. The van der Waals surface area contributed by atoms with E-state index in [1.54, 1.807) is 36.4 Å². The first-order chi connectivity index (χ1) is 16.3. The molecule has 184 valence electrons. The Morgan fingerprint density at radius 1 is 1.03 bits per heavy atom. The SMILES string of the molecule is Cc1ccc(S(=O)(=O)N2CCC(C(=O)NC[C@H](c3ccc(F)cc3)N3CCOCC3)CC2)cc1. The molecule has 4 rings (SSSR count). The monoisotopic (exact) mass is 489 g/mol. The third-order valence-electron chi connectivity index (χ3n) is 6.69. The van der Waals surface area contributed by atoms with Gasteiger partial charge in [0, 0.05) is 38.6 Å². The molecule has 0 unspecified atom stereocenters. The van der Waals surface area contributed by atoms with Crippen LogP contribution >= 0.6 is 0 Å². The summed E-state index contributed by atoms with van der Waals surface area (Å²) in [5.41, 5.74) is 1.95. The highest BCUT2D eigenvalue weighted by molar-refractivity contribution is 7.89. The first-order valence-electron chi connectivity index (χ1n) is 11.8. The first kappa shape index (κ1) is 24.8. The minimum atomic E-state index is -3.56. The van der Waals surface area contributed by atoms with E-state index in [1.165, 1.54) is 16.4 Å². The number of piperidine rings is 1. The molecular weight excluding hydrogens is 457 g/mol. The Hall–Kier alpha value is -2.33. The minimum absolute atomic E-state index is 0.0623. The standard InChI is InChI=1S/C25H32FN3O4S/c1-19-2-8-23(9-3-19)34(31,32)29-12-10-21(11-13-29)25(30)27-18-24(28-14-16-33-17-15-28)20-4-6-22(26)7-5-20/h2-9,21,24H,10-18H2,1H3,(H,27,30)/t24-/m1/s1. The van der Waals surface area contributed by atoms with Gasteiger partial charge in [0.25, 0.3) is 0 Å². The number of aryl methyl sites for hydroxylation is 1. The van der Waals surface area contributed by atoms with Crippen molar-refractivity contribution >= 4 is 15.9 Å². The third kappa shape index (κ3) is 5.83. The number of benzene rings is 2. The predicted molar refractivity (Wildman–Crippen MR) is 127 cm³/mol. The van der Waals surface area contributed by atoms with Crippen LogP contribution < -0.4 is 5.32 Å². The summed E-state index contributed by atoms with van der Waals surface area (Å²) in [6, 6.07) is 13.2. The quantitative estimate of drug-likeness (QED) is 0.647. The van der Waals surface area contributed by atoms with E-state index in [2.05, 4.69) is 10.2 Å². The second-order valence-corrected chi connectivity index (χ2v) is 10.9. The highest BCUT2D eigenvalue weighted by atomic mass is 32.2. The van der Waals surface area contributed by atoms with Crippen LogP contribution in [0.25, 0.3) is 0 Å². The molecule has 1 atom stereocenters. The van der Waals surface area contributed by atoms with Crippen LogP contribution in [0.1, 0.15) is 30.0 Å². The number of carbonyl (C=O) groups excluding carboxylic acids is 1. The van der Waals surface area contributed by atoms with Gasteiger partial charge in [-0.05, 0) is 49.6 Å². The van der Waals surface area contributed by atoms with Gasteiger partial charge in [0.1, 0.15) is 5.82 Å². The molecular formula is C25H32FN3O4S. The lowest BCUT2D eigenvalue weighted by molar-refractivity contribution is -0.126. The molecule has 2 fully saturated rings. The summed E-state index contributed by atoms with van der Waals surface area (Å²) in [6.07, 6.45) is 0.964. The number of carbonyl (C=O) groups is 1. The summed E-state index contributed by atoms with van der Waals surface area (Å²) in [7, 11) is -3.56. The van der Waals surface area contributed by atoms with Gasteiger partial charge < -0.3 is 10.1 Å². The molecule has 0 bridgehead atoms. The van der Waals surface area contributed by atoms with Crippen LogP contribution in [-0.2, 0) is 19.6 Å². The van der Waals surface area contributed by atoms with Crippen LogP contribution in [0.3, 0.4) is 0 Å². The van der Waals surface area contributed by atoms with Gasteiger partial charge in [0.15, 0.2) is 0 Å². The highest BCUT2D eigenvalue weighted by Crippen LogP contribution is 2.25. The number of ether oxygens (including phenoxy) is 1. The number of nitrogens with one attached hydrogen (secondary N) is 1. The van der Waals surface area contributed by atoms with Crippen LogP contribution in [0, 0.1) is 18.7 Å². The molecule has 1 amide bonds. The van der Waals surface area contributed by atoms with E-state index in [9.17, 15) is 17.6 Å². The molecule has 0 aliphatic carbocycles. The lowest BCUT2D eigenvalue weighted by atomic mass is 9.96. The number of amides is 1. The smallest absolute Gasteiger partial charge is 0.243 e. The van der Waals surface area contributed by atoms with E-state index in [0.717, 1.165) is 24.2 Å². The zero-order chi connectivity index (χ0) is 24.1. The molecule has 34 heavy (non-hydrogen) atoms. The Balaban J connectivity index is 1.35. The molecule has 0 saturated carbocycles. The first-order valence-corrected chi connectivity index (χ1v) is 13.2. The molecule has 2 aromatic rings. The number of nitrogens with zero attached hydrogens (tertiary/aromatic N) is 2. The van der Waals surface area contributed by atoms with Crippen LogP contribution in [-0.4, -0.2) is 69.5 Å². The topological polar surface area (TPSA) is 79.0 Å². The zero-order valence-corrected chi connectivity index (χ0v) is 20.3. The summed E-state index contributed by atoms with van der Waals surface area (Å²) in [5.74, 6) is -0.586. The fourth-order valence-corrected chi connectivity index (χ4v) is 6.06. The van der Waals surface area contributed by atoms with Crippen molar-refractivity contribution in [1.29, 1.82) is 0 Å². The minimum Gasteiger partial charge on any atom is -0.379 e. The number of halogens is 1. The van der Waals surface area contributed by atoms with Crippen molar-refractivity contribution in [2.45, 2.75) is 30.7 Å². The Labute approximate surface area is 200 Å². The van der Waals surface area contributed by atoms with Gasteiger partial charge in [-0.3, -0.25) is 9.69 Å². The molecule has 2 heterocycles. The zero-order valence-electron chi connectivity index (χ0n) is 19.5. The van der Waals surface area contributed by atoms with Gasteiger partial charge in [-0.15, -0.1) is 0 Å². The molecule has 0 aromatic heterocycles. The van der Waals surface area contributed by atoms with Crippen molar-refractivity contribution in [2.75, 3.05) is 45.9 Å². The van der Waals surface area contributed by atoms with Crippen LogP contribution in [0.15, 0.2) is 53.4 Å². The number of morpholine rings is 1. The lowest BCUT2D eigenvalue weighted by Crippen LogP contribution is -2.46. The Kier molecular flexibility index (Phi) is 7.98. The van der Waals surface area contributed by atoms with Gasteiger partial charge in [-0.1, -0.05) is 29.8 Å². The second kappa shape index (κ2) is 10.9. The number of sulfonamides is 1. The van der Waals surface area contributed by atoms with Crippen LogP contribution in [0.4, 0.5) is 4.39 Å². The van der Waals surface area contributed by atoms with E-state index in [4.69, 9.17) is 4.74 Å². The van der Waals surface area contributed by atoms with E-state index >= 15 is 0 Å². The highest BCUT2D eigenvalue weighted by Gasteiger charge is 2.32. The van der Waals surface area contributed by atoms with Crippen molar-refractivity contribution in [1.82, 2.24) is 14.5 Å². The van der Waals surface area contributed by atoms with Gasteiger partial charge in [0.05, 0.1) is 24.2 Å². The molecule has 0 spiro atoms. The summed E-state index contributed by atoms with van der Waals surface area (Å²) in [4.78, 5) is 15.5. The lowest BCUT2D eigenvalue weighted by Gasteiger charge is -2.35. The van der Waals surface area contributed by atoms with Gasteiger partial charge in [-0.25, -0.2) is 12.8 Å². The normalized spacial score (nSPS) is 19.6. The molecule has 2 aliphatic heterocycles. The predicted octanol–water partition coefficient (Wildman–Crippen LogP) is 2.72. The number of rotatable bonds is 7. The van der Waals surface area contributed by atoms with Gasteiger partial charge in [-0.2, -0.15) is 4.31 Å². The summed E-state index contributed by atoms with van der Waals surface area (Å²) >= 11 is 0. The molecule has 0 radical (unpaired) electrons. The molecule has 7 nitrogen and oxygen atoms in total. The summed E-state index contributed by atoms with van der Waals surface area (Å²) < 4.78 is 46.2. The molecule has 1 N–H and O–H groups in total. The number of hydrogen-bond acceptors (Lipinski definition) is 5. The van der Waals surface area contributed by atoms with E-state index < -0.39 is 10.0 Å². The summed E-state index contributed by atoms with van der Waals surface area (Å²) in [6.45, 7) is 5.70. The van der Waals surface area contributed by atoms with Crippen molar-refractivity contribution in [3.63, 3.8) is 0 Å². The second-order valence-electron chi connectivity index (χ2n) is 8.95. The molecule has 2 aromatic carbocycles. The maximum absolute atomic E-state index is 13.4. The third-order valence-corrected chi connectivity index (χ3v) is 8.61. The maximum Gasteiger partial charge on any atom is 0.243 e. The summed E-state index contributed by atoms with van der Waals surface area (Å²) in [5, 5.41) is 3.07. The average Bonchev–Trinajstić information content (AvgIpc) is 2.86. The van der Waals surface area contributed by atoms with Crippen molar-refractivity contribution in [3.8, 4) is 0 Å². The van der Waals surface area contributed by atoms with Crippen molar-refractivity contribution in [2.24, 2.45) is 5.92 Å². The fourth-order valence-electron chi connectivity index (χ4n) is 4.59. The van der Waals surface area contributed by atoms with Crippen LogP contribution in [0.5, 0.6) is 0 Å². The van der Waals surface area contributed by atoms with Crippen molar-refractivity contribution in [3.05, 3.63) is 65.5 Å². The van der Waals surface area contributed by atoms with Gasteiger partial charge >= 0.3 is 0 Å². The largest absolute Gasteiger partial charge is 0.379 e. The molecule has 9 heteroatoms. The van der Waals surface area contributed by atoms with E-state index in [1.807, 2.05) is 6.92 Å². The Morgan fingerprint density at radius 2 is 1.65 bits per heavy atom. The Morgan fingerprint density at radius 3 is 2.26 bits per heavy atom. The van der Waals surface area contributed by atoms with Crippen molar-refractivity contribution < 1.29 is 22.3 Å². The molecule has 2 saturated heterocycles. The van der Waals surface area contributed by atoms with Gasteiger partial charge in [0.2, 0.25) is 15.9 Å². The molecule has 2 aliphatic rings. The maximum atomic E-state index is 13.4.